The first kappa shape index (κ1) is 12.3. The van der Waals surface area contributed by atoms with Gasteiger partial charge in [-0.05, 0) is 24.3 Å². The van der Waals surface area contributed by atoms with Crippen LogP contribution in [0, 0.1) is 0 Å². The molecule has 0 saturated heterocycles. The van der Waals surface area contributed by atoms with Gasteiger partial charge in [0.15, 0.2) is 0 Å². The number of nitrogens with one attached hydrogen (secondary N) is 1. The number of thiol groups is 1. The molecule has 8 heteroatoms. The summed E-state index contributed by atoms with van der Waals surface area (Å²) in [5.74, 6) is 0. The van der Waals surface area contributed by atoms with Crippen LogP contribution in [0.25, 0.3) is 0 Å². The quantitative estimate of drug-likeness (QED) is 0.534. The number of benzene rings is 1. The van der Waals surface area contributed by atoms with Crippen LogP contribution in [-0.2, 0) is 15.3 Å². The molecular weight excluding hydrogens is 236 g/mol. The number of hydrogen-bond acceptors (Lipinski definition) is 5. The van der Waals surface area contributed by atoms with Crippen LogP contribution in [0.3, 0.4) is 0 Å². The van der Waals surface area contributed by atoms with E-state index in [-0.39, 0.29) is 0 Å². The number of rotatable bonds is 4. The summed E-state index contributed by atoms with van der Waals surface area (Å²) in [5.41, 5.74) is 0.867. The highest BCUT2D eigenvalue weighted by atomic mass is 32.2. The van der Waals surface area contributed by atoms with Crippen molar-refractivity contribution in [1.29, 1.82) is 0 Å². The van der Waals surface area contributed by atoms with Gasteiger partial charge in [0.25, 0.3) is 11.0 Å². The van der Waals surface area contributed by atoms with Crippen molar-refractivity contribution in [1.82, 2.24) is 0 Å². The fourth-order valence-corrected chi connectivity index (χ4v) is 1.32. The van der Waals surface area contributed by atoms with E-state index in [2.05, 4.69) is 9.60 Å². The number of hydroxylamine groups is 1. The van der Waals surface area contributed by atoms with E-state index in [9.17, 15) is 13.2 Å². The molecule has 2 N–H and O–H groups in total. The van der Waals surface area contributed by atoms with E-state index in [1.165, 1.54) is 31.3 Å². The Morgan fingerprint density at radius 3 is 2.38 bits per heavy atom. The molecule has 0 aliphatic heterocycles. The van der Waals surface area contributed by atoms with Gasteiger partial charge in [0.05, 0.1) is 5.69 Å². The molecule has 0 spiro atoms. The second-order valence-electron chi connectivity index (χ2n) is 2.78. The highest BCUT2D eigenvalue weighted by Gasteiger charge is 2.03. The standard InChI is InChI=1S/C8H10N2O5S/c1-10(15-16(13)14)7-4-2-6(3-5-7)9-8(11)12/h2-5,9,16H,1H3,(H,11,12). The molecule has 7 nitrogen and oxygen atoms in total. The summed E-state index contributed by atoms with van der Waals surface area (Å²) in [6, 6.07) is 6.01. The van der Waals surface area contributed by atoms with Crippen molar-refractivity contribution in [2.24, 2.45) is 0 Å². The number of hydrogen-bond donors (Lipinski definition) is 3. The van der Waals surface area contributed by atoms with E-state index >= 15 is 0 Å². The first-order chi connectivity index (χ1) is 7.49. The molecule has 0 heterocycles. The van der Waals surface area contributed by atoms with Gasteiger partial charge < -0.3 is 5.11 Å². The molecule has 1 amide bonds. The van der Waals surface area contributed by atoms with Gasteiger partial charge in [0, 0.05) is 12.7 Å². The molecule has 0 bridgehead atoms. The van der Waals surface area contributed by atoms with Crippen LogP contribution in [-0.4, -0.2) is 26.7 Å². The predicted octanol–water partition coefficient (Wildman–Crippen LogP) is 0.671. The minimum atomic E-state index is -2.97. The smallest absolute Gasteiger partial charge is 0.409 e. The van der Waals surface area contributed by atoms with Gasteiger partial charge in [-0.1, -0.05) is 0 Å². The van der Waals surface area contributed by atoms with Gasteiger partial charge in [-0.3, -0.25) is 5.32 Å². The summed E-state index contributed by atoms with van der Waals surface area (Å²) in [4.78, 5) is 10.3. The van der Waals surface area contributed by atoms with Crippen LogP contribution >= 0.6 is 0 Å². The average Bonchev–Trinajstić information content (AvgIpc) is 2.16. The number of carbonyl (C=O) groups is 1. The van der Waals surface area contributed by atoms with Crippen molar-refractivity contribution >= 4 is 28.5 Å². The Morgan fingerprint density at radius 2 is 1.94 bits per heavy atom. The third-order valence-electron chi connectivity index (χ3n) is 1.67. The van der Waals surface area contributed by atoms with Gasteiger partial charge in [0.1, 0.15) is 0 Å². The Bertz CT molecular complexity index is 434. The van der Waals surface area contributed by atoms with E-state index < -0.39 is 17.1 Å². The monoisotopic (exact) mass is 246 g/mol. The zero-order valence-electron chi connectivity index (χ0n) is 8.28. The molecule has 0 radical (unpaired) electrons. The molecule has 0 fully saturated rings. The van der Waals surface area contributed by atoms with Crippen LogP contribution in [0.1, 0.15) is 0 Å². The Labute approximate surface area is 93.4 Å². The Morgan fingerprint density at radius 1 is 1.38 bits per heavy atom. The summed E-state index contributed by atoms with van der Waals surface area (Å²) >= 11 is 0. The molecule has 1 aromatic rings. The van der Waals surface area contributed by atoms with E-state index in [1.807, 2.05) is 0 Å². The zero-order valence-corrected chi connectivity index (χ0v) is 9.18. The summed E-state index contributed by atoms with van der Waals surface area (Å²) in [6.07, 6.45) is -1.17. The van der Waals surface area contributed by atoms with E-state index in [0.29, 0.717) is 11.4 Å². The highest BCUT2D eigenvalue weighted by Crippen LogP contribution is 2.16. The number of carboxylic acid groups (broad SMARTS) is 1. The Kier molecular flexibility index (Phi) is 4.09. The van der Waals surface area contributed by atoms with Crippen LogP contribution < -0.4 is 10.4 Å². The van der Waals surface area contributed by atoms with Gasteiger partial charge >= 0.3 is 6.09 Å². The van der Waals surface area contributed by atoms with Crippen molar-refractivity contribution in [3.63, 3.8) is 0 Å². The molecule has 1 aromatic carbocycles. The van der Waals surface area contributed by atoms with Gasteiger partial charge in [-0.25, -0.2) is 18.3 Å². The van der Waals surface area contributed by atoms with E-state index in [0.717, 1.165) is 5.06 Å². The molecule has 0 aromatic heterocycles. The normalized spacial score (nSPS) is 10.1. The zero-order chi connectivity index (χ0) is 12.1. The molecule has 0 unspecified atom stereocenters. The third kappa shape index (κ3) is 3.75. The Hall–Kier alpha value is -1.80. The lowest BCUT2D eigenvalue weighted by Gasteiger charge is -2.14. The molecule has 0 aliphatic rings. The maximum Gasteiger partial charge on any atom is 0.409 e. The summed E-state index contributed by atoms with van der Waals surface area (Å²) in [5, 5.41) is 11.6. The van der Waals surface area contributed by atoms with Gasteiger partial charge in [-0.15, -0.1) is 0 Å². The molecular formula is C8H10N2O5S. The lowest BCUT2D eigenvalue weighted by molar-refractivity contribution is 0.209. The number of nitrogens with zero attached hydrogens (tertiary/aromatic N) is 1. The van der Waals surface area contributed by atoms with Crippen LogP contribution in [0.4, 0.5) is 16.2 Å². The summed E-state index contributed by atoms with van der Waals surface area (Å²) in [7, 11) is -1.55. The fourth-order valence-electron chi connectivity index (χ4n) is 1.03. The highest BCUT2D eigenvalue weighted by molar-refractivity contribution is 7.67. The van der Waals surface area contributed by atoms with Crippen LogP contribution in [0.15, 0.2) is 24.3 Å². The van der Waals surface area contributed by atoms with E-state index in [1.54, 1.807) is 0 Å². The summed E-state index contributed by atoms with van der Waals surface area (Å²) < 4.78 is 25.0. The minimum Gasteiger partial charge on any atom is -0.465 e. The third-order valence-corrected chi connectivity index (χ3v) is 2.05. The lowest BCUT2D eigenvalue weighted by Crippen LogP contribution is -2.16. The van der Waals surface area contributed by atoms with Crippen molar-refractivity contribution in [3.05, 3.63) is 24.3 Å². The molecule has 0 saturated carbocycles. The van der Waals surface area contributed by atoms with Crippen molar-refractivity contribution in [2.45, 2.75) is 0 Å². The second-order valence-corrected chi connectivity index (χ2v) is 3.39. The average molecular weight is 246 g/mol. The molecule has 0 atom stereocenters. The van der Waals surface area contributed by atoms with E-state index in [4.69, 9.17) is 5.11 Å². The predicted molar refractivity (Wildman–Crippen MR) is 57.9 cm³/mol. The maximum atomic E-state index is 10.3. The molecule has 1 rings (SSSR count). The largest absolute Gasteiger partial charge is 0.465 e. The topological polar surface area (TPSA) is 95.9 Å². The van der Waals surface area contributed by atoms with Crippen LogP contribution in [0.5, 0.6) is 0 Å². The molecule has 88 valence electrons. The SMILES string of the molecule is CN(O[SH](=O)=O)c1ccc(NC(=O)O)cc1. The van der Waals surface area contributed by atoms with Crippen LogP contribution in [0.2, 0.25) is 0 Å². The molecule has 16 heavy (non-hydrogen) atoms. The van der Waals surface area contributed by atoms with Crippen molar-refractivity contribution in [2.75, 3.05) is 17.4 Å². The number of anilines is 2. The lowest BCUT2D eigenvalue weighted by atomic mass is 10.3. The maximum absolute atomic E-state index is 10.3. The second kappa shape index (κ2) is 5.33. The van der Waals surface area contributed by atoms with Crippen molar-refractivity contribution < 1.29 is 22.6 Å². The van der Waals surface area contributed by atoms with Gasteiger partial charge in [-0.2, -0.15) is 4.28 Å². The fraction of sp³-hybridized carbons (Fsp3) is 0.125. The Balaban J connectivity index is 2.74. The number of amides is 1. The summed E-state index contributed by atoms with van der Waals surface area (Å²) in [6.45, 7) is 0. The first-order valence-electron chi connectivity index (χ1n) is 4.15. The first-order valence-corrected chi connectivity index (χ1v) is 5.25. The minimum absolute atomic E-state index is 0.385. The van der Waals surface area contributed by atoms with Crippen molar-refractivity contribution in [3.8, 4) is 0 Å². The van der Waals surface area contributed by atoms with Gasteiger partial charge in [0.2, 0.25) is 0 Å². The molecule has 0 aliphatic carbocycles.